The fourth-order valence-corrected chi connectivity index (χ4v) is 12.1. The third kappa shape index (κ3) is 39.0. The van der Waals surface area contributed by atoms with Gasteiger partial charge in [-0.15, -0.1) is 0 Å². The third-order valence-electron chi connectivity index (χ3n) is 18.0. The number of unbranched alkanes of at least 4 members (excludes halogenated alkanes) is 42. The van der Waals surface area contributed by atoms with Crippen molar-refractivity contribution in [3.05, 3.63) is 54.1 Å². The Bertz CT molecular complexity index is 2160. The van der Waals surface area contributed by atoms with E-state index >= 15 is 0 Å². The van der Waals surface area contributed by atoms with Crippen LogP contribution in [0.2, 0.25) is 0 Å². The highest BCUT2D eigenvalue weighted by molar-refractivity contribution is 5.70. The lowest BCUT2D eigenvalue weighted by atomic mass is 10.1. The van der Waals surface area contributed by atoms with Gasteiger partial charge in [-0.25, -0.2) is 0 Å². The van der Waals surface area contributed by atoms with Gasteiger partial charge in [-0.05, 0) is 45.4 Å². The zero-order valence-electron chi connectivity index (χ0n) is 61.1. The van der Waals surface area contributed by atoms with Gasteiger partial charge in [0.1, 0.15) is 0 Å². The molecule has 0 spiro atoms. The van der Waals surface area contributed by atoms with Crippen molar-refractivity contribution in [2.24, 2.45) is 0 Å². The average molecular weight is 1290 g/mol. The van der Waals surface area contributed by atoms with Gasteiger partial charge in [0.05, 0.1) is 39.6 Å². The molecule has 2 N–H and O–H groups in total. The first-order valence-electron chi connectivity index (χ1n) is 39.4. The van der Waals surface area contributed by atoms with Crippen molar-refractivity contribution in [1.29, 1.82) is 0 Å². The lowest BCUT2D eigenvalue weighted by molar-refractivity contribution is 0.234. The highest BCUT2D eigenvalue weighted by Crippen LogP contribution is 2.44. The van der Waals surface area contributed by atoms with Crippen LogP contribution in [0, 0.1) is 6.92 Å². The molecule has 93 heavy (non-hydrogen) atoms. The number of nitrogens with zero attached hydrogens (tertiary/aromatic N) is 3. The van der Waals surface area contributed by atoms with Crippen LogP contribution >= 0.6 is 0 Å². The highest BCUT2D eigenvalue weighted by atomic mass is 16.5. The summed E-state index contributed by atoms with van der Waals surface area (Å²) < 4.78 is 40.8. The summed E-state index contributed by atoms with van der Waals surface area (Å²) in [5.74, 6) is 5.43. The van der Waals surface area contributed by atoms with Gasteiger partial charge in [-0.3, -0.25) is 0 Å². The van der Waals surface area contributed by atoms with Crippen LogP contribution in [0.1, 0.15) is 355 Å². The lowest BCUT2D eigenvalue weighted by Crippen LogP contribution is -2.09. The Morgan fingerprint density at radius 1 is 0.258 bits per heavy atom. The summed E-state index contributed by atoms with van der Waals surface area (Å²) in [6.07, 6.45) is 59.1. The monoisotopic (exact) mass is 1290 g/mol. The molecule has 0 atom stereocenters. The maximum Gasteiger partial charge on any atom is 0.232 e. The fourth-order valence-electron chi connectivity index (χ4n) is 12.1. The maximum atomic E-state index is 6.81. The minimum absolute atomic E-state index is 0.390. The summed E-state index contributed by atoms with van der Waals surface area (Å²) in [6.45, 7) is 19.4. The third-order valence-corrected chi connectivity index (χ3v) is 18.0. The SMILES string of the molecule is CCCCCCCCCCOc1cc(Nc2nc(Nc3cc(OCCCCCCCCCC)c(OCCCCCCCCCC)c(OCCCCCCCCCC)c3)nc(-c3ccc(C)cc3)n2)cc(OCCCCCCCCCC)c1OCCCCCCCCCC. The van der Waals surface area contributed by atoms with E-state index in [1.807, 2.05) is 0 Å². The van der Waals surface area contributed by atoms with Crippen molar-refractivity contribution in [1.82, 2.24) is 15.0 Å². The van der Waals surface area contributed by atoms with Crippen LogP contribution < -0.4 is 39.1 Å². The van der Waals surface area contributed by atoms with E-state index in [-0.39, 0.29) is 0 Å². The molecule has 0 bridgehead atoms. The van der Waals surface area contributed by atoms with Crippen LogP contribution in [0.5, 0.6) is 34.5 Å². The zero-order chi connectivity index (χ0) is 66.1. The van der Waals surface area contributed by atoms with E-state index in [9.17, 15) is 0 Å². The Morgan fingerprint density at radius 3 is 0.710 bits per heavy atom. The molecule has 0 aliphatic rings. The molecule has 4 aromatic rings. The van der Waals surface area contributed by atoms with Gasteiger partial charge in [-0.1, -0.05) is 341 Å². The molecule has 1 aromatic heterocycles. The second-order valence-electron chi connectivity index (χ2n) is 27.0. The van der Waals surface area contributed by atoms with Crippen molar-refractivity contribution in [2.45, 2.75) is 357 Å². The molecule has 0 fully saturated rings. The summed E-state index contributed by atoms with van der Waals surface area (Å²) in [5.41, 5.74) is 3.56. The minimum atomic E-state index is 0.390. The molecule has 0 saturated carbocycles. The molecule has 528 valence electrons. The van der Waals surface area contributed by atoms with Crippen LogP contribution in [0.15, 0.2) is 48.5 Å². The predicted octanol–water partition coefficient (Wildman–Crippen LogP) is 26.5. The van der Waals surface area contributed by atoms with E-state index < -0.39 is 0 Å². The number of hydrogen-bond acceptors (Lipinski definition) is 11. The smallest absolute Gasteiger partial charge is 0.232 e. The number of anilines is 4. The Balaban J connectivity index is 1.74. The highest BCUT2D eigenvalue weighted by Gasteiger charge is 2.21. The first-order valence-corrected chi connectivity index (χ1v) is 39.4. The van der Waals surface area contributed by atoms with Crippen molar-refractivity contribution >= 4 is 23.3 Å². The molecule has 4 rings (SSSR count). The van der Waals surface area contributed by atoms with Gasteiger partial charge in [0.2, 0.25) is 23.4 Å². The zero-order valence-corrected chi connectivity index (χ0v) is 61.1. The van der Waals surface area contributed by atoms with E-state index in [2.05, 4.69) is 108 Å². The first-order chi connectivity index (χ1) is 45.9. The molecule has 11 nitrogen and oxygen atoms in total. The quantitative estimate of drug-likeness (QED) is 0.0412. The Kier molecular flexibility index (Phi) is 48.7. The average Bonchev–Trinajstić information content (AvgIpc) is 1.23. The van der Waals surface area contributed by atoms with Gasteiger partial charge >= 0.3 is 0 Å². The van der Waals surface area contributed by atoms with Gasteiger partial charge in [0.15, 0.2) is 28.8 Å². The van der Waals surface area contributed by atoms with Gasteiger partial charge in [0, 0.05) is 41.2 Å². The largest absolute Gasteiger partial charge is 0.489 e. The molecule has 11 heteroatoms. The summed E-state index contributed by atoms with van der Waals surface area (Å²) in [7, 11) is 0. The Hall–Kier alpha value is -4.93. The van der Waals surface area contributed by atoms with Gasteiger partial charge in [0.25, 0.3) is 0 Å². The number of benzene rings is 3. The molecule has 0 unspecified atom stereocenters. The second kappa shape index (κ2) is 56.3. The van der Waals surface area contributed by atoms with E-state index in [0.717, 1.165) is 99.6 Å². The molecule has 0 aliphatic heterocycles. The van der Waals surface area contributed by atoms with Gasteiger partial charge < -0.3 is 39.1 Å². The molecule has 3 aromatic carbocycles. The number of hydrogen-bond donors (Lipinski definition) is 2. The first kappa shape index (κ1) is 80.5. The lowest BCUT2D eigenvalue weighted by Gasteiger charge is -2.20. The van der Waals surface area contributed by atoms with E-state index in [0.29, 0.717) is 91.9 Å². The molecule has 0 aliphatic carbocycles. The van der Waals surface area contributed by atoms with Gasteiger partial charge in [-0.2, -0.15) is 15.0 Å². The van der Waals surface area contributed by atoms with Crippen molar-refractivity contribution in [3.63, 3.8) is 0 Å². The minimum Gasteiger partial charge on any atom is -0.489 e. The van der Waals surface area contributed by atoms with Crippen LogP contribution in [0.3, 0.4) is 0 Å². The van der Waals surface area contributed by atoms with Crippen molar-refractivity contribution in [2.75, 3.05) is 50.3 Å². The normalized spacial score (nSPS) is 11.3. The van der Waals surface area contributed by atoms with Crippen LogP contribution in [0.4, 0.5) is 23.3 Å². The Labute approximate surface area is 570 Å². The van der Waals surface area contributed by atoms with Crippen LogP contribution in [-0.4, -0.2) is 54.6 Å². The number of aryl methyl sites for hydroxylation is 1. The van der Waals surface area contributed by atoms with Crippen molar-refractivity contribution in [3.8, 4) is 45.9 Å². The summed E-state index contributed by atoms with van der Waals surface area (Å²) in [5, 5.41) is 7.29. The molecule has 0 saturated heterocycles. The van der Waals surface area contributed by atoms with E-state index in [1.165, 1.54) is 231 Å². The molecule has 1 heterocycles. The Morgan fingerprint density at radius 2 is 0.473 bits per heavy atom. The second-order valence-corrected chi connectivity index (χ2v) is 27.0. The number of aromatic nitrogens is 3. The van der Waals surface area contributed by atoms with E-state index in [4.69, 9.17) is 43.4 Å². The van der Waals surface area contributed by atoms with Crippen LogP contribution in [0.25, 0.3) is 11.4 Å². The topological polar surface area (TPSA) is 118 Å². The summed E-state index contributed by atoms with van der Waals surface area (Å²) in [6, 6.07) is 16.6. The molecular weight excluding hydrogens is 1150 g/mol. The van der Waals surface area contributed by atoms with Crippen molar-refractivity contribution < 1.29 is 28.4 Å². The number of ether oxygens (including phenoxy) is 6. The maximum absolute atomic E-state index is 6.81. The summed E-state index contributed by atoms with van der Waals surface area (Å²) >= 11 is 0. The fraction of sp³-hybridized carbons (Fsp3) is 0.744. The van der Waals surface area contributed by atoms with Crippen LogP contribution in [-0.2, 0) is 0 Å². The molecule has 0 radical (unpaired) electrons. The number of rotatable bonds is 65. The summed E-state index contributed by atoms with van der Waals surface area (Å²) in [4.78, 5) is 15.4. The molecular formula is C82H139N5O6. The standard InChI is InChI=1S/C82H139N5O6/c1-8-14-20-26-32-38-44-50-60-88-74-66-72(67-75(89-61-51-45-39-33-27-21-15-9-2)78(74)92-64-54-48-42-36-30-24-18-12-5)83-81-85-80(71-58-56-70(7)57-59-71)86-82(87-81)84-73-68-76(90-62-52-46-40-34-28-22-16-10-3)79(93-65-55-49-43-37-31-25-19-13-6)77(69-73)91-63-53-47-41-35-29-23-17-11-4/h56-59,66-69H,8-55,60-65H2,1-7H3,(H2,83,84,85,86,87). The van der Waals surface area contributed by atoms with E-state index in [1.54, 1.807) is 0 Å². The predicted molar refractivity (Wildman–Crippen MR) is 398 cm³/mol. The number of nitrogens with one attached hydrogen (secondary N) is 2. The molecule has 0 amide bonds.